The van der Waals surface area contributed by atoms with Gasteiger partial charge in [0.15, 0.2) is 11.5 Å². The SMILES string of the molecule is COc1cc(C(=O)O)ccc1OCc1ccc(Br)cc1F. The first-order valence-corrected chi connectivity index (χ1v) is 6.78. The van der Waals surface area contributed by atoms with Crippen LogP contribution in [-0.2, 0) is 6.61 Å². The Morgan fingerprint density at radius 2 is 2.00 bits per heavy atom. The molecule has 0 unspecified atom stereocenters. The quantitative estimate of drug-likeness (QED) is 0.885. The molecule has 2 rings (SSSR count). The Morgan fingerprint density at radius 1 is 1.24 bits per heavy atom. The van der Waals surface area contributed by atoms with E-state index >= 15 is 0 Å². The molecule has 2 aromatic rings. The van der Waals surface area contributed by atoms with Crippen molar-refractivity contribution in [2.45, 2.75) is 6.61 Å². The Labute approximate surface area is 129 Å². The lowest BCUT2D eigenvalue weighted by atomic mass is 10.2. The highest BCUT2D eigenvalue weighted by atomic mass is 79.9. The molecular weight excluding hydrogens is 343 g/mol. The Bertz CT molecular complexity index is 673. The normalized spacial score (nSPS) is 10.2. The van der Waals surface area contributed by atoms with Crippen LogP contribution >= 0.6 is 15.9 Å². The molecule has 0 radical (unpaired) electrons. The first-order chi connectivity index (χ1) is 10.0. The van der Waals surface area contributed by atoms with E-state index in [0.717, 1.165) is 0 Å². The number of methoxy groups -OCH3 is 1. The fraction of sp³-hybridized carbons (Fsp3) is 0.133. The molecule has 0 amide bonds. The Morgan fingerprint density at radius 3 is 2.62 bits per heavy atom. The van der Waals surface area contributed by atoms with Gasteiger partial charge in [-0.05, 0) is 30.3 Å². The maximum Gasteiger partial charge on any atom is 0.335 e. The van der Waals surface area contributed by atoms with Crippen molar-refractivity contribution < 1.29 is 23.8 Å². The third-order valence-corrected chi connectivity index (χ3v) is 3.30. The predicted molar refractivity (Wildman–Crippen MR) is 78.4 cm³/mol. The predicted octanol–water partition coefficient (Wildman–Crippen LogP) is 3.87. The van der Waals surface area contributed by atoms with Gasteiger partial charge in [-0.1, -0.05) is 22.0 Å². The van der Waals surface area contributed by atoms with Crippen LogP contribution in [0.4, 0.5) is 4.39 Å². The van der Waals surface area contributed by atoms with Crippen molar-refractivity contribution in [2.75, 3.05) is 7.11 Å². The summed E-state index contributed by atoms with van der Waals surface area (Å²) >= 11 is 3.18. The number of ether oxygens (including phenoxy) is 2. The van der Waals surface area contributed by atoms with E-state index in [-0.39, 0.29) is 23.7 Å². The van der Waals surface area contributed by atoms with E-state index in [9.17, 15) is 9.18 Å². The van der Waals surface area contributed by atoms with Gasteiger partial charge in [0.2, 0.25) is 0 Å². The first-order valence-electron chi connectivity index (χ1n) is 5.99. The molecule has 0 fully saturated rings. The van der Waals surface area contributed by atoms with Gasteiger partial charge < -0.3 is 14.6 Å². The molecule has 1 N–H and O–H groups in total. The second kappa shape index (κ2) is 6.58. The molecular formula is C15H12BrFO4. The van der Waals surface area contributed by atoms with Gasteiger partial charge in [0, 0.05) is 10.0 Å². The number of hydrogen-bond acceptors (Lipinski definition) is 3. The summed E-state index contributed by atoms with van der Waals surface area (Å²) < 4.78 is 24.9. The summed E-state index contributed by atoms with van der Waals surface area (Å²) in [4.78, 5) is 10.9. The van der Waals surface area contributed by atoms with Crippen molar-refractivity contribution in [1.82, 2.24) is 0 Å². The van der Waals surface area contributed by atoms with Crippen LogP contribution in [0.1, 0.15) is 15.9 Å². The highest BCUT2D eigenvalue weighted by molar-refractivity contribution is 9.10. The van der Waals surface area contributed by atoms with Gasteiger partial charge in [-0.2, -0.15) is 0 Å². The van der Waals surface area contributed by atoms with E-state index in [2.05, 4.69) is 15.9 Å². The van der Waals surface area contributed by atoms with Gasteiger partial charge in [-0.15, -0.1) is 0 Å². The van der Waals surface area contributed by atoms with Crippen LogP contribution in [0, 0.1) is 5.82 Å². The van der Waals surface area contributed by atoms with Crippen molar-refractivity contribution in [1.29, 1.82) is 0 Å². The highest BCUT2D eigenvalue weighted by Crippen LogP contribution is 2.29. The summed E-state index contributed by atoms with van der Waals surface area (Å²) in [6.45, 7) is 0.0158. The zero-order chi connectivity index (χ0) is 15.4. The van der Waals surface area contributed by atoms with Crippen molar-refractivity contribution in [3.05, 3.63) is 57.8 Å². The number of carbonyl (C=O) groups is 1. The maximum absolute atomic E-state index is 13.7. The fourth-order valence-electron chi connectivity index (χ4n) is 1.71. The molecule has 2 aromatic carbocycles. The van der Waals surface area contributed by atoms with Gasteiger partial charge in [0.25, 0.3) is 0 Å². The third kappa shape index (κ3) is 3.72. The van der Waals surface area contributed by atoms with Gasteiger partial charge in [0.05, 0.1) is 12.7 Å². The molecule has 0 aliphatic carbocycles. The van der Waals surface area contributed by atoms with Crippen molar-refractivity contribution in [3.8, 4) is 11.5 Å². The molecule has 0 aromatic heterocycles. The lowest BCUT2D eigenvalue weighted by molar-refractivity contribution is 0.0696. The Balaban J connectivity index is 2.17. The average Bonchev–Trinajstić information content (AvgIpc) is 2.46. The van der Waals surface area contributed by atoms with Crippen molar-refractivity contribution in [3.63, 3.8) is 0 Å². The molecule has 0 saturated heterocycles. The molecule has 0 atom stereocenters. The van der Waals surface area contributed by atoms with Crippen LogP contribution in [0.15, 0.2) is 40.9 Å². The number of aromatic carboxylic acids is 1. The van der Waals surface area contributed by atoms with Gasteiger partial charge >= 0.3 is 5.97 Å². The van der Waals surface area contributed by atoms with Crippen LogP contribution < -0.4 is 9.47 Å². The molecule has 6 heteroatoms. The van der Waals surface area contributed by atoms with E-state index in [1.807, 2.05) is 0 Å². The third-order valence-electron chi connectivity index (χ3n) is 2.81. The molecule has 110 valence electrons. The standard InChI is InChI=1S/C15H12BrFO4/c1-20-14-6-9(15(18)19)3-5-13(14)21-8-10-2-4-11(16)7-12(10)17/h2-7H,8H2,1H3,(H,18,19). The summed E-state index contributed by atoms with van der Waals surface area (Å²) in [5.41, 5.74) is 0.483. The van der Waals surface area contributed by atoms with Crippen molar-refractivity contribution in [2.24, 2.45) is 0 Å². The van der Waals surface area contributed by atoms with Gasteiger partial charge in [0.1, 0.15) is 12.4 Å². The van der Waals surface area contributed by atoms with Gasteiger partial charge in [-0.25, -0.2) is 9.18 Å². The molecule has 0 heterocycles. The molecule has 0 spiro atoms. The topological polar surface area (TPSA) is 55.8 Å². The zero-order valence-electron chi connectivity index (χ0n) is 11.1. The van der Waals surface area contributed by atoms with Crippen molar-refractivity contribution >= 4 is 21.9 Å². The van der Waals surface area contributed by atoms with Gasteiger partial charge in [-0.3, -0.25) is 0 Å². The summed E-state index contributed by atoms with van der Waals surface area (Å²) in [6, 6.07) is 8.92. The minimum Gasteiger partial charge on any atom is -0.493 e. The van der Waals surface area contributed by atoms with E-state index in [1.165, 1.54) is 31.4 Å². The molecule has 21 heavy (non-hydrogen) atoms. The summed E-state index contributed by atoms with van der Waals surface area (Å²) in [7, 11) is 1.41. The maximum atomic E-state index is 13.7. The van der Waals surface area contributed by atoms with Crippen LogP contribution in [0.3, 0.4) is 0 Å². The number of carboxylic acid groups (broad SMARTS) is 1. The largest absolute Gasteiger partial charge is 0.493 e. The van der Waals surface area contributed by atoms with E-state index < -0.39 is 5.97 Å². The molecule has 0 saturated carbocycles. The first kappa shape index (κ1) is 15.3. The minimum absolute atomic E-state index is 0.0158. The lowest BCUT2D eigenvalue weighted by Gasteiger charge is -2.12. The molecule has 0 aliphatic heterocycles. The van der Waals surface area contributed by atoms with E-state index in [4.69, 9.17) is 14.6 Å². The number of benzene rings is 2. The summed E-state index contributed by atoms with van der Waals surface area (Å²) in [6.07, 6.45) is 0. The molecule has 0 aliphatic rings. The lowest BCUT2D eigenvalue weighted by Crippen LogP contribution is -2.02. The van der Waals surface area contributed by atoms with Crippen LogP contribution in [-0.4, -0.2) is 18.2 Å². The fourth-order valence-corrected chi connectivity index (χ4v) is 2.05. The Hall–Kier alpha value is -2.08. The highest BCUT2D eigenvalue weighted by Gasteiger charge is 2.11. The second-order valence-corrected chi connectivity index (χ2v) is 5.11. The summed E-state index contributed by atoms with van der Waals surface area (Å²) in [5.74, 6) is -0.804. The average molecular weight is 355 g/mol. The van der Waals surface area contributed by atoms with Crippen LogP contribution in [0.25, 0.3) is 0 Å². The zero-order valence-corrected chi connectivity index (χ0v) is 12.7. The number of carboxylic acids is 1. The van der Waals surface area contributed by atoms with E-state index in [1.54, 1.807) is 12.1 Å². The smallest absolute Gasteiger partial charge is 0.335 e. The Kier molecular flexibility index (Phi) is 4.80. The van der Waals surface area contributed by atoms with Crippen LogP contribution in [0.5, 0.6) is 11.5 Å². The summed E-state index contributed by atoms with van der Waals surface area (Å²) in [5, 5.41) is 8.92. The molecule has 4 nitrogen and oxygen atoms in total. The number of halogens is 2. The second-order valence-electron chi connectivity index (χ2n) is 4.20. The van der Waals surface area contributed by atoms with E-state index in [0.29, 0.717) is 15.8 Å². The monoisotopic (exact) mass is 354 g/mol. The minimum atomic E-state index is -1.06. The number of hydrogen-bond donors (Lipinski definition) is 1. The van der Waals surface area contributed by atoms with Crippen LogP contribution in [0.2, 0.25) is 0 Å². The number of rotatable bonds is 5. The molecule has 0 bridgehead atoms.